The van der Waals surface area contributed by atoms with Gasteiger partial charge in [0.25, 0.3) is 0 Å². The maximum Gasteiger partial charge on any atom is 0.230 e. The van der Waals surface area contributed by atoms with Crippen LogP contribution in [-0.4, -0.2) is 40.1 Å². The van der Waals surface area contributed by atoms with E-state index >= 15 is 0 Å². The van der Waals surface area contributed by atoms with Crippen LogP contribution in [-0.2, 0) is 11.3 Å². The molecule has 0 spiro atoms. The smallest absolute Gasteiger partial charge is 0.230 e. The van der Waals surface area contributed by atoms with Crippen LogP contribution in [0.3, 0.4) is 0 Å². The topological polar surface area (TPSA) is 71.3 Å². The lowest BCUT2D eigenvalue weighted by Gasteiger charge is -2.34. The molecule has 1 saturated heterocycles. The molecule has 2 heterocycles. The first-order chi connectivity index (χ1) is 9.70. The van der Waals surface area contributed by atoms with E-state index in [-0.39, 0.29) is 17.9 Å². The van der Waals surface area contributed by atoms with E-state index in [1.165, 1.54) is 6.42 Å². The SMILES string of the molecule is Cc1nnc(CN2CCCC(NC(=O)C3CCC3)C2)o1. The van der Waals surface area contributed by atoms with Crippen LogP contribution in [0.15, 0.2) is 4.42 Å². The third-order valence-corrected chi connectivity index (χ3v) is 4.25. The van der Waals surface area contributed by atoms with Gasteiger partial charge in [-0.25, -0.2) is 0 Å². The number of carbonyl (C=O) groups is 1. The van der Waals surface area contributed by atoms with Crippen LogP contribution in [0, 0.1) is 12.8 Å². The molecule has 1 saturated carbocycles. The van der Waals surface area contributed by atoms with Crippen LogP contribution in [0.4, 0.5) is 0 Å². The number of nitrogens with one attached hydrogen (secondary N) is 1. The molecule has 1 amide bonds. The van der Waals surface area contributed by atoms with Crippen molar-refractivity contribution in [2.24, 2.45) is 5.92 Å². The molecular formula is C14H22N4O2. The predicted molar refractivity (Wildman–Crippen MR) is 72.8 cm³/mol. The first-order valence-electron chi connectivity index (χ1n) is 7.52. The van der Waals surface area contributed by atoms with E-state index < -0.39 is 0 Å². The molecule has 1 unspecified atom stereocenters. The Labute approximate surface area is 118 Å². The molecule has 3 rings (SSSR count). The number of carbonyl (C=O) groups excluding carboxylic acids is 1. The molecule has 2 aliphatic rings. The zero-order valence-electron chi connectivity index (χ0n) is 12.0. The van der Waals surface area contributed by atoms with E-state index in [4.69, 9.17) is 4.42 Å². The highest BCUT2D eigenvalue weighted by molar-refractivity contribution is 5.79. The average Bonchev–Trinajstić information content (AvgIpc) is 2.72. The van der Waals surface area contributed by atoms with Crippen molar-refractivity contribution in [1.82, 2.24) is 20.4 Å². The summed E-state index contributed by atoms with van der Waals surface area (Å²) in [7, 11) is 0. The number of hydrogen-bond donors (Lipinski definition) is 1. The van der Waals surface area contributed by atoms with Gasteiger partial charge in [0, 0.05) is 25.4 Å². The number of piperidine rings is 1. The molecule has 1 aromatic heterocycles. The van der Waals surface area contributed by atoms with Crippen LogP contribution in [0.2, 0.25) is 0 Å². The van der Waals surface area contributed by atoms with Gasteiger partial charge in [0.15, 0.2) is 0 Å². The molecule has 1 atom stereocenters. The van der Waals surface area contributed by atoms with E-state index in [2.05, 4.69) is 20.4 Å². The standard InChI is InChI=1S/C14H22N4O2/c1-10-16-17-13(20-10)9-18-7-3-6-12(8-18)15-14(19)11-4-2-5-11/h11-12H,2-9H2,1H3,(H,15,19). The summed E-state index contributed by atoms with van der Waals surface area (Å²) in [5, 5.41) is 11.1. The number of likely N-dealkylation sites (tertiary alicyclic amines) is 1. The van der Waals surface area contributed by atoms with Gasteiger partial charge in [-0.15, -0.1) is 10.2 Å². The van der Waals surface area contributed by atoms with Gasteiger partial charge in [-0.3, -0.25) is 9.69 Å². The summed E-state index contributed by atoms with van der Waals surface area (Å²) in [6.07, 6.45) is 5.49. The first-order valence-corrected chi connectivity index (χ1v) is 7.52. The first kappa shape index (κ1) is 13.5. The summed E-state index contributed by atoms with van der Waals surface area (Å²) >= 11 is 0. The third-order valence-electron chi connectivity index (χ3n) is 4.25. The quantitative estimate of drug-likeness (QED) is 0.897. The van der Waals surface area contributed by atoms with Crippen LogP contribution in [0.25, 0.3) is 0 Å². The highest BCUT2D eigenvalue weighted by Gasteiger charge is 2.29. The fraction of sp³-hybridized carbons (Fsp3) is 0.786. The molecule has 1 aromatic rings. The van der Waals surface area contributed by atoms with Crippen LogP contribution in [0.5, 0.6) is 0 Å². The van der Waals surface area contributed by atoms with Gasteiger partial charge in [0.1, 0.15) is 0 Å². The Balaban J connectivity index is 1.49. The second kappa shape index (κ2) is 5.91. The van der Waals surface area contributed by atoms with Crippen LogP contribution >= 0.6 is 0 Å². The minimum absolute atomic E-state index is 0.247. The highest BCUT2D eigenvalue weighted by atomic mass is 16.4. The number of aromatic nitrogens is 2. The van der Waals surface area contributed by atoms with Crippen molar-refractivity contribution in [1.29, 1.82) is 0 Å². The number of nitrogens with zero attached hydrogens (tertiary/aromatic N) is 3. The zero-order chi connectivity index (χ0) is 13.9. The maximum absolute atomic E-state index is 12.0. The number of rotatable bonds is 4. The second-order valence-electron chi connectivity index (χ2n) is 5.93. The molecule has 0 aromatic carbocycles. The molecule has 20 heavy (non-hydrogen) atoms. The Hall–Kier alpha value is -1.43. The number of aryl methyl sites for hydroxylation is 1. The molecule has 0 bridgehead atoms. The van der Waals surface area contributed by atoms with Crippen molar-refractivity contribution >= 4 is 5.91 Å². The summed E-state index contributed by atoms with van der Waals surface area (Å²) in [4.78, 5) is 14.3. The predicted octanol–water partition coefficient (Wildman–Crippen LogP) is 1.26. The van der Waals surface area contributed by atoms with E-state index in [0.717, 1.165) is 38.8 Å². The Kier molecular flexibility index (Phi) is 4.00. The molecular weight excluding hydrogens is 256 g/mol. The van der Waals surface area contributed by atoms with Crippen LogP contribution < -0.4 is 5.32 Å². The van der Waals surface area contributed by atoms with Gasteiger partial charge in [-0.2, -0.15) is 0 Å². The minimum Gasteiger partial charge on any atom is -0.424 e. The van der Waals surface area contributed by atoms with Gasteiger partial charge in [-0.05, 0) is 32.2 Å². The lowest BCUT2D eigenvalue weighted by atomic mass is 9.84. The van der Waals surface area contributed by atoms with E-state index in [1.807, 2.05) is 0 Å². The van der Waals surface area contributed by atoms with Gasteiger partial charge in [0.05, 0.1) is 6.54 Å². The van der Waals surface area contributed by atoms with Crippen molar-refractivity contribution < 1.29 is 9.21 Å². The average molecular weight is 278 g/mol. The van der Waals surface area contributed by atoms with Gasteiger partial charge in [0.2, 0.25) is 17.7 Å². The summed E-state index contributed by atoms with van der Waals surface area (Å²) in [5.41, 5.74) is 0. The Morgan fingerprint density at radius 3 is 2.85 bits per heavy atom. The largest absolute Gasteiger partial charge is 0.424 e. The summed E-state index contributed by atoms with van der Waals surface area (Å²) in [5.74, 6) is 1.78. The summed E-state index contributed by atoms with van der Waals surface area (Å²) in [6, 6.07) is 0.265. The monoisotopic (exact) mass is 278 g/mol. The van der Waals surface area contributed by atoms with Gasteiger partial charge >= 0.3 is 0 Å². The zero-order valence-corrected chi connectivity index (χ0v) is 12.0. The van der Waals surface area contributed by atoms with Gasteiger partial charge in [-0.1, -0.05) is 6.42 Å². The normalized spacial score (nSPS) is 24.4. The maximum atomic E-state index is 12.0. The highest BCUT2D eigenvalue weighted by Crippen LogP contribution is 2.26. The molecule has 2 fully saturated rings. The van der Waals surface area contributed by atoms with Crippen molar-refractivity contribution in [3.63, 3.8) is 0 Å². The van der Waals surface area contributed by atoms with Crippen molar-refractivity contribution in [3.8, 4) is 0 Å². The molecule has 6 heteroatoms. The minimum atomic E-state index is 0.247. The lowest BCUT2D eigenvalue weighted by Crippen LogP contribution is -2.49. The van der Waals surface area contributed by atoms with Crippen LogP contribution in [0.1, 0.15) is 43.9 Å². The summed E-state index contributed by atoms with van der Waals surface area (Å²) in [6.45, 7) is 4.38. The molecule has 1 aliphatic heterocycles. The molecule has 1 N–H and O–H groups in total. The third kappa shape index (κ3) is 3.17. The second-order valence-corrected chi connectivity index (χ2v) is 5.93. The Morgan fingerprint density at radius 2 is 2.20 bits per heavy atom. The van der Waals surface area contributed by atoms with E-state index in [0.29, 0.717) is 18.3 Å². The van der Waals surface area contributed by atoms with Crippen molar-refractivity contribution in [2.45, 2.75) is 51.6 Å². The van der Waals surface area contributed by atoms with E-state index in [9.17, 15) is 4.79 Å². The molecule has 0 radical (unpaired) electrons. The van der Waals surface area contributed by atoms with Gasteiger partial charge < -0.3 is 9.73 Å². The summed E-state index contributed by atoms with van der Waals surface area (Å²) < 4.78 is 5.42. The Morgan fingerprint density at radius 1 is 1.35 bits per heavy atom. The van der Waals surface area contributed by atoms with Crippen molar-refractivity contribution in [2.75, 3.05) is 13.1 Å². The lowest BCUT2D eigenvalue weighted by molar-refractivity contribution is -0.128. The Bertz CT molecular complexity index is 469. The van der Waals surface area contributed by atoms with E-state index in [1.54, 1.807) is 6.92 Å². The molecule has 6 nitrogen and oxygen atoms in total. The fourth-order valence-electron chi connectivity index (χ4n) is 2.90. The number of amides is 1. The number of hydrogen-bond acceptors (Lipinski definition) is 5. The van der Waals surface area contributed by atoms with Crippen molar-refractivity contribution in [3.05, 3.63) is 11.8 Å². The fourth-order valence-corrected chi connectivity index (χ4v) is 2.90. The molecule has 1 aliphatic carbocycles. The molecule has 110 valence electrons.